The van der Waals surface area contributed by atoms with Gasteiger partial charge in [-0.1, -0.05) is 12.1 Å². The van der Waals surface area contributed by atoms with Crippen LogP contribution in [-0.4, -0.2) is 23.0 Å². The maximum absolute atomic E-state index is 5.84. The van der Waals surface area contributed by atoms with Crippen LogP contribution in [0.3, 0.4) is 0 Å². The Balaban J connectivity index is 0.00000242. The average Bonchev–Trinajstić information content (AvgIpc) is 2.44. The average molecular weight is 322 g/mol. The molecular weight excluding hydrogens is 302 g/mol. The number of guanidine groups is 1. The molecule has 0 radical (unpaired) electrons. The number of aliphatic imine (C=N–C) groups is 1. The molecule has 0 amide bonds. The van der Waals surface area contributed by atoms with Crippen molar-refractivity contribution < 1.29 is 4.74 Å². The number of anilines is 1. The molecule has 0 unspecified atom stereocenters. The summed E-state index contributed by atoms with van der Waals surface area (Å²) in [5.41, 5.74) is 8.65. The molecule has 1 aromatic carbocycles. The number of rotatable bonds is 4. The molecule has 118 valence electrons. The van der Waals surface area contributed by atoms with Gasteiger partial charge in [0.15, 0.2) is 5.96 Å². The largest absolute Gasteiger partial charge is 0.497 e. The fraction of sp³-hybridized carbons (Fsp3) is 0.267. The van der Waals surface area contributed by atoms with Crippen LogP contribution in [0.5, 0.6) is 5.75 Å². The lowest BCUT2D eigenvalue weighted by molar-refractivity contribution is 0.414. The van der Waals surface area contributed by atoms with Crippen molar-refractivity contribution in [2.75, 3.05) is 12.4 Å². The molecule has 0 fully saturated rings. The second kappa shape index (κ2) is 8.19. The summed E-state index contributed by atoms with van der Waals surface area (Å²) in [5, 5.41) is 2.90. The Hall–Kier alpha value is -2.34. The van der Waals surface area contributed by atoms with Gasteiger partial charge in [-0.15, -0.1) is 12.4 Å². The molecule has 3 N–H and O–H groups in total. The van der Waals surface area contributed by atoms with E-state index >= 15 is 0 Å². The lowest BCUT2D eigenvalue weighted by atomic mass is 10.2. The van der Waals surface area contributed by atoms with Gasteiger partial charge in [0.05, 0.1) is 13.7 Å². The summed E-state index contributed by atoms with van der Waals surface area (Å²) in [6.07, 6.45) is 0. The fourth-order valence-corrected chi connectivity index (χ4v) is 1.84. The number of benzene rings is 1. The van der Waals surface area contributed by atoms with Crippen molar-refractivity contribution in [2.24, 2.45) is 10.7 Å². The first-order valence-corrected chi connectivity index (χ1v) is 6.59. The van der Waals surface area contributed by atoms with Gasteiger partial charge in [-0.05, 0) is 37.6 Å². The second-order valence-corrected chi connectivity index (χ2v) is 4.65. The molecule has 0 bridgehead atoms. The van der Waals surface area contributed by atoms with E-state index in [0.717, 1.165) is 22.7 Å². The molecule has 7 heteroatoms. The first-order valence-electron chi connectivity index (χ1n) is 6.59. The van der Waals surface area contributed by atoms with Crippen LogP contribution < -0.4 is 15.8 Å². The Labute approximate surface area is 136 Å². The molecule has 0 saturated heterocycles. The standard InChI is InChI=1S/C15H19N5O.ClH/c1-10-8-11(2)19-15(18-10)20-14(16)17-9-12-4-6-13(21-3)7-5-12;/h4-8H,9H2,1-3H3,(H3,16,17,18,19,20);1H. The minimum atomic E-state index is 0. The summed E-state index contributed by atoms with van der Waals surface area (Å²) in [6.45, 7) is 4.29. The van der Waals surface area contributed by atoms with Crippen LogP contribution in [0, 0.1) is 13.8 Å². The second-order valence-electron chi connectivity index (χ2n) is 4.65. The molecule has 0 aliphatic rings. The van der Waals surface area contributed by atoms with E-state index in [1.807, 2.05) is 44.2 Å². The first-order chi connectivity index (χ1) is 10.1. The van der Waals surface area contributed by atoms with Gasteiger partial charge < -0.3 is 10.5 Å². The topological polar surface area (TPSA) is 85.4 Å². The van der Waals surface area contributed by atoms with Gasteiger partial charge in [0, 0.05) is 11.4 Å². The number of methoxy groups -OCH3 is 1. The third-order valence-corrected chi connectivity index (χ3v) is 2.81. The lowest BCUT2D eigenvalue weighted by Crippen LogP contribution is -2.24. The summed E-state index contributed by atoms with van der Waals surface area (Å²) in [4.78, 5) is 12.8. The molecule has 2 rings (SSSR count). The fourth-order valence-electron chi connectivity index (χ4n) is 1.84. The van der Waals surface area contributed by atoms with E-state index in [1.54, 1.807) is 7.11 Å². The predicted molar refractivity (Wildman–Crippen MR) is 90.7 cm³/mol. The highest BCUT2D eigenvalue weighted by atomic mass is 35.5. The quantitative estimate of drug-likeness (QED) is 0.667. The van der Waals surface area contributed by atoms with E-state index < -0.39 is 0 Å². The van der Waals surface area contributed by atoms with Crippen LogP contribution in [-0.2, 0) is 6.54 Å². The van der Waals surface area contributed by atoms with Crippen molar-refractivity contribution in [1.82, 2.24) is 9.97 Å². The maximum atomic E-state index is 5.84. The Kier molecular flexibility index (Phi) is 6.59. The van der Waals surface area contributed by atoms with Gasteiger partial charge in [0.1, 0.15) is 5.75 Å². The molecule has 1 heterocycles. The molecular formula is C15H20ClN5O. The smallest absolute Gasteiger partial charge is 0.229 e. The minimum Gasteiger partial charge on any atom is -0.497 e. The van der Waals surface area contributed by atoms with Crippen molar-refractivity contribution in [1.29, 1.82) is 0 Å². The Morgan fingerprint density at radius 3 is 2.32 bits per heavy atom. The first kappa shape index (κ1) is 17.7. The van der Waals surface area contributed by atoms with Gasteiger partial charge in [0.2, 0.25) is 5.95 Å². The molecule has 2 aromatic rings. The third kappa shape index (κ3) is 5.21. The summed E-state index contributed by atoms with van der Waals surface area (Å²) >= 11 is 0. The van der Waals surface area contributed by atoms with Crippen LogP contribution in [0.4, 0.5) is 5.95 Å². The Morgan fingerprint density at radius 2 is 1.77 bits per heavy atom. The Morgan fingerprint density at radius 1 is 1.18 bits per heavy atom. The van der Waals surface area contributed by atoms with E-state index in [-0.39, 0.29) is 18.4 Å². The number of hydrogen-bond donors (Lipinski definition) is 2. The zero-order chi connectivity index (χ0) is 15.2. The van der Waals surface area contributed by atoms with Crippen molar-refractivity contribution in [3.63, 3.8) is 0 Å². The van der Waals surface area contributed by atoms with Gasteiger partial charge in [0.25, 0.3) is 0 Å². The van der Waals surface area contributed by atoms with E-state index in [1.165, 1.54) is 0 Å². The van der Waals surface area contributed by atoms with Crippen LogP contribution in [0.1, 0.15) is 17.0 Å². The number of nitrogens with one attached hydrogen (secondary N) is 1. The van der Waals surface area contributed by atoms with Crippen molar-refractivity contribution in [3.8, 4) is 5.75 Å². The maximum Gasteiger partial charge on any atom is 0.229 e. The van der Waals surface area contributed by atoms with E-state index in [0.29, 0.717) is 12.5 Å². The van der Waals surface area contributed by atoms with E-state index in [4.69, 9.17) is 10.5 Å². The number of halogens is 1. The molecule has 0 aliphatic carbocycles. The monoisotopic (exact) mass is 321 g/mol. The van der Waals surface area contributed by atoms with Crippen LogP contribution in [0.2, 0.25) is 0 Å². The zero-order valence-corrected chi connectivity index (χ0v) is 13.6. The summed E-state index contributed by atoms with van der Waals surface area (Å²) in [7, 11) is 1.64. The number of nitrogens with two attached hydrogens (primary N) is 1. The third-order valence-electron chi connectivity index (χ3n) is 2.81. The highest BCUT2D eigenvalue weighted by molar-refractivity contribution is 5.90. The number of aryl methyl sites for hydroxylation is 2. The minimum absolute atomic E-state index is 0. The number of nitrogens with zero attached hydrogens (tertiary/aromatic N) is 3. The zero-order valence-electron chi connectivity index (χ0n) is 12.8. The summed E-state index contributed by atoms with van der Waals surface area (Å²) in [5.74, 6) is 1.57. The van der Waals surface area contributed by atoms with E-state index in [9.17, 15) is 0 Å². The lowest BCUT2D eigenvalue weighted by Gasteiger charge is -2.06. The van der Waals surface area contributed by atoms with Gasteiger partial charge in [-0.3, -0.25) is 5.32 Å². The highest BCUT2D eigenvalue weighted by Crippen LogP contribution is 2.12. The van der Waals surface area contributed by atoms with Gasteiger partial charge >= 0.3 is 0 Å². The summed E-state index contributed by atoms with van der Waals surface area (Å²) < 4.78 is 5.11. The predicted octanol–water partition coefficient (Wildman–Crippen LogP) is 2.45. The van der Waals surface area contributed by atoms with Gasteiger partial charge in [-0.2, -0.15) is 0 Å². The van der Waals surface area contributed by atoms with Crippen LogP contribution in [0.15, 0.2) is 35.3 Å². The molecule has 0 spiro atoms. The molecule has 0 aliphatic heterocycles. The van der Waals surface area contributed by atoms with Crippen molar-refractivity contribution >= 4 is 24.3 Å². The summed E-state index contributed by atoms with van der Waals surface area (Å²) in [6, 6.07) is 9.57. The SMILES string of the molecule is COc1ccc(CN=C(N)Nc2nc(C)cc(C)n2)cc1.Cl. The molecule has 6 nitrogen and oxygen atoms in total. The van der Waals surface area contributed by atoms with Crippen molar-refractivity contribution in [3.05, 3.63) is 47.3 Å². The van der Waals surface area contributed by atoms with E-state index in [2.05, 4.69) is 20.3 Å². The number of hydrogen-bond acceptors (Lipinski definition) is 4. The Bertz CT molecular complexity index is 623. The normalized spacial score (nSPS) is 10.8. The number of ether oxygens (including phenoxy) is 1. The number of aromatic nitrogens is 2. The molecule has 1 aromatic heterocycles. The van der Waals surface area contributed by atoms with Crippen LogP contribution in [0.25, 0.3) is 0 Å². The van der Waals surface area contributed by atoms with Gasteiger partial charge in [-0.25, -0.2) is 15.0 Å². The van der Waals surface area contributed by atoms with Crippen LogP contribution >= 0.6 is 12.4 Å². The molecule has 22 heavy (non-hydrogen) atoms. The highest BCUT2D eigenvalue weighted by Gasteiger charge is 2.01. The molecule has 0 atom stereocenters. The van der Waals surface area contributed by atoms with Crippen molar-refractivity contribution in [2.45, 2.75) is 20.4 Å². The molecule has 0 saturated carbocycles.